The molecule has 7 nitrogen and oxygen atoms in total. The molecule has 2 aromatic rings. The first kappa shape index (κ1) is 24.4. The smallest absolute Gasteiger partial charge is 0.259 e. The fourth-order valence-corrected chi connectivity index (χ4v) is 6.78. The first-order valence-electron chi connectivity index (χ1n) is 11.5. The predicted molar refractivity (Wildman–Crippen MR) is 128 cm³/mol. The van der Waals surface area contributed by atoms with Gasteiger partial charge in [-0.2, -0.15) is 0 Å². The van der Waals surface area contributed by atoms with E-state index in [1.165, 1.54) is 4.90 Å². The highest BCUT2D eigenvalue weighted by atomic mass is 32.2. The molecule has 0 N–H and O–H groups in total. The Bertz CT molecular complexity index is 1190. The second-order valence-corrected chi connectivity index (χ2v) is 11.4. The highest BCUT2D eigenvalue weighted by Crippen LogP contribution is 2.34. The molecule has 34 heavy (non-hydrogen) atoms. The SMILES string of the molecule is Cc1cnc(N2CCN(C(=O)c3c(F)cc(N4[C@H](C(C)C)CCS4(=O)=O)cc3F)CC2)c(C)c1. The number of carbonyl (C=O) groups excluding carboxylic acids is 1. The number of nitrogens with zero attached hydrogens (tertiary/aromatic N) is 4. The summed E-state index contributed by atoms with van der Waals surface area (Å²) in [6.07, 6.45) is 2.18. The number of carbonyl (C=O) groups is 1. The van der Waals surface area contributed by atoms with E-state index in [9.17, 15) is 13.2 Å². The summed E-state index contributed by atoms with van der Waals surface area (Å²) < 4.78 is 56.3. The summed E-state index contributed by atoms with van der Waals surface area (Å²) >= 11 is 0. The van der Waals surface area contributed by atoms with Crippen molar-refractivity contribution in [3.8, 4) is 0 Å². The number of pyridine rings is 1. The Balaban J connectivity index is 1.53. The third-order valence-corrected chi connectivity index (χ3v) is 8.42. The van der Waals surface area contributed by atoms with Crippen LogP contribution in [-0.4, -0.2) is 62.2 Å². The van der Waals surface area contributed by atoms with Crippen molar-refractivity contribution >= 4 is 27.4 Å². The Morgan fingerprint density at radius 2 is 1.68 bits per heavy atom. The van der Waals surface area contributed by atoms with Crippen LogP contribution in [0.1, 0.15) is 41.8 Å². The summed E-state index contributed by atoms with van der Waals surface area (Å²) in [6, 6.07) is 3.59. The van der Waals surface area contributed by atoms with Crippen LogP contribution in [0.25, 0.3) is 0 Å². The predicted octanol–water partition coefficient (Wildman–Crippen LogP) is 3.50. The zero-order valence-electron chi connectivity index (χ0n) is 19.9. The van der Waals surface area contributed by atoms with Gasteiger partial charge in [-0.05, 0) is 49.4 Å². The molecule has 2 aliphatic rings. The van der Waals surface area contributed by atoms with Crippen molar-refractivity contribution in [1.29, 1.82) is 0 Å². The van der Waals surface area contributed by atoms with Gasteiger partial charge in [0.05, 0.1) is 11.4 Å². The molecule has 1 amide bonds. The van der Waals surface area contributed by atoms with Gasteiger partial charge in [0.25, 0.3) is 5.91 Å². The van der Waals surface area contributed by atoms with Crippen LogP contribution in [0.15, 0.2) is 24.4 Å². The molecule has 2 fully saturated rings. The maximum absolute atomic E-state index is 15.1. The number of anilines is 2. The molecule has 0 spiro atoms. The van der Waals surface area contributed by atoms with Gasteiger partial charge in [0.1, 0.15) is 23.0 Å². The standard InChI is InChI=1S/C24H30F2N4O3S/c1-15(2)21-5-10-34(32,33)30(21)18-12-19(25)22(20(26)13-18)24(31)29-8-6-28(7-9-29)23-17(4)11-16(3)14-27-23/h11-15,21H,5-10H2,1-4H3/t21-/m0/s1. The molecule has 10 heteroatoms. The Labute approximate surface area is 199 Å². The molecule has 1 atom stereocenters. The Hall–Kier alpha value is -2.75. The third-order valence-electron chi connectivity index (χ3n) is 6.59. The number of hydrogen-bond donors (Lipinski definition) is 0. The summed E-state index contributed by atoms with van der Waals surface area (Å²) in [7, 11) is -3.67. The van der Waals surface area contributed by atoms with E-state index >= 15 is 8.78 Å². The molecule has 2 saturated heterocycles. The van der Waals surface area contributed by atoms with Gasteiger partial charge in [-0.3, -0.25) is 9.10 Å². The molecule has 2 aliphatic heterocycles. The highest BCUT2D eigenvalue weighted by Gasteiger charge is 2.40. The molecule has 1 aromatic heterocycles. The minimum atomic E-state index is -3.67. The van der Waals surface area contributed by atoms with E-state index in [1.807, 2.05) is 33.8 Å². The largest absolute Gasteiger partial charge is 0.353 e. The van der Waals surface area contributed by atoms with Crippen LogP contribution in [0.5, 0.6) is 0 Å². The summed E-state index contributed by atoms with van der Waals surface area (Å²) in [5.74, 6) is -2.09. The zero-order valence-corrected chi connectivity index (χ0v) is 20.7. The molecule has 1 aromatic carbocycles. The Kier molecular flexibility index (Phi) is 6.54. The van der Waals surface area contributed by atoms with Crippen molar-refractivity contribution < 1.29 is 22.0 Å². The van der Waals surface area contributed by atoms with Crippen molar-refractivity contribution in [3.63, 3.8) is 0 Å². The lowest BCUT2D eigenvalue weighted by atomic mass is 10.0. The molecular formula is C24H30F2N4O3S. The van der Waals surface area contributed by atoms with Gasteiger partial charge in [-0.25, -0.2) is 22.2 Å². The molecule has 0 aliphatic carbocycles. The lowest BCUT2D eigenvalue weighted by Crippen LogP contribution is -2.49. The highest BCUT2D eigenvalue weighted by molar-refractivity contribution is 7.93. The quantitative estimate of drug-likeness (QED) is 0.653. The number of benzene rings is 1. The van der Waals surface area contributed by atoms with Gasteiger partial charge in [-0.1, -0.05) is 19.9 Å². The Morgan fingerprint density at radius 1 is 1.06 bits per heavy atom. The van der Waals surface area contributed by atoms with Crippen LogP contribution in [-0.2, 0) is 10.0 Å². The number of aryl methyl sites for hydroxylation is 2. The van der Waals surface area contributed by atoms with Crippen LogP contribution < -0.4 is 9.21 Å². The number of aromatic nitrogens is 1. The van der Waals surface area contributed by atoms with Gasteiger partial charge >= 0.3 is 0 Å². The molecule has 0 unspecified atom stereocenters. The first-order chi connectivity index (χ1) is 16.0. The van der Waals surface area contributed by atoms with Crippen molar-refractivity contribution in [2.75, 3.05) is 41.1 Å². The number of piperazine rings is 1. The van der Waals surface area contributed by atoms with Crippen molar-refractivity contribution in [2.24, 2.45) is 5.92 Å². The molecule has 3 heterocycles. The topological polar surface area (TPSA) is 73.8 Å². The zero-order chi connectivity index (χ0) is 24.8. The van der Waals surface area contributed by atoms with Gasteiger partial charge in [0, 0.05) is 38.4 Å². The van der Waals surface area contributed by atoms with Crippen molar-refractivity contribution in [3.05, 3.63) is 52.7 Å². The number of halogens is 2. The van der Waals surface area contributed by atoms with E-state index < -0.39 is 33.1 Å². The van der Waals surface area contributed by atoms with Crippen LogP contribution >= 0.6 is 0 Å². The lowest BCUT2D eigenvalue weighted by molar-refractivity contribution is 0.0736. The summed E-state index contributed by atoms with van der Waals surface area (Å²) in [6.45, 7) is 9.26. The maximum Gasteiger partial charge on any atom is 0.259 e. The molecule has 4 rings (SSSR count). The molecule has 0 radical (unpaired) electrons. The van der Waals surface area contributed by atoms with Crippen LogP contribution in [0.2, 0.25) is 0 Å². The van der Waals surface area contributed by atoms with Crippen molar-refractivity contribution in [1.82, 2.24) is 9.88 Å². The van der Waals surface area contributed by atoms with Crippen LogP contribution in [0.4, 0.5) is 20.3 Å². The summed E-state index contributed by atoms with van der Waals surface area (Å²) in [5.41, 5.74) is 1.36. The van der Waals surface area contributed by atoms with Crippen LogP contribution in [0, 0.1) is 31.4 Å². The van der Waals surface area contributed by atoms with E-state index in [0.717, 1.165) is 33.4 Å². The van der Waals surface area contributed by atoms with Gasteiger partial charge < -0.3 is 9.80 Å². The molecule has 0 bridgehead atoms. The third kappa shape index (κ3) is 4.47. The lowest BCUT2D eigenvalue weighted by Gasteiger charge is -2.36. The number of sulfonamides is 1. The average molecular weight is 493 g/mol. The van der Waals surface area contributed by atoms with Crippen molar-refractivity contribution in [2.45, 2.75) is 40.2 Å². The van der Waals surface area contributed by atoms with Gasteiger partial charge in [0.2, 0.25) is 10.0 Å². The molecular weight excluding hydrogens is 462 g/mol. The molecule has 0 saturated carbocycles. The average Bonchev–Trinajstić information content (AvgIpc) is 3.08. The number of hydrogen-bond acceptors (Lipinski definition) is 5. The normalized spacial score (nSPS) is 20.3. The Morgan fingerprint density at radius 3 is 2.24 bits per heavy atom. The second kappa shape index (κ2) is 9.13. The van der Waals surface area contributed by atoms with E-state index in [1.54, 1.807) is 6.20 Å². The van der Waals surface area contributed by atoms with Gasteiger partial charge in [-0.15, -0.1) is 0 Å². The van der Waals surface area contributed by atoms with E-state index in [-0.39, 0.29) is 23.4 Å². The van der Waals surface area contributed by atoms with E-state index in [4.69, 9.17) is 0 Å². The van der Waals surface area contributed by atoms with Gasteiger partial charge in [0.15, 0.2) is 0 Å². The summed E-state index contributed by atoms with van der Waals surface area (Å²) in [5, 5.41) is 0. The van der Waals surface area contributed by atoms with E-state index in [0.29, 0.717) is 32.6 Å². The summed E-state index contributed by atoms with van der Waals surface area (Å²) in [4.78, 5) is 21.0. The first-order valence-corrected chi connectivity index (χ1v) is 13.1. The second-order valence-electron chi connectivity index (χ2n) is 9.43. The fraction of sp³-hybridized carbons (Fsp3) is 0.500. The van der Waals surface area contributed by atoms with E-state index in [2.05, 4.69) is 9.88 Å². The number of amides is 1. The molecule has 184 valence electrons. The minimum absolute atomic E-state index is 0.0207. The number of rotatable bonds is 4. The fourth-order valence-electron chi connectivity index (χ4n) is 4.86. The maximum atomic E-state index is 15.1. The van der Waals surface area contributed by atoms with Crippen LogP contribution in [0.3, 0.4) is 0 Å². The minimum Gasteiger partial charge on any atom is -0.353 e. The monoisotopic (exact) mass is 492 g/mol.